The van der Waals surface area contributed by atoms with Crippen LogP contribution in [0.4, 0.5) is 0 Å². The van der Waals surface area contributed by atoms with Crippen molar-refractivity contribution in [1.82, 2.24) is 0 Å². The lowest BCUT2D eigenvalue weighted by atomic mass is 9.72. The highest BCUT2D eigenvalue weighted by molar-refractivity contribution is 5.97. The highest BCUT2D eigenvalue weighted by Crippen LogP contribution is 2.39. The van der Waals surface area contributed by atoms with Gasteiger partial charge in [-0.1, -0.05) is 32.9 Å². The van der Waals surface area contributed by atoms with Crippen LogP contribution in [0.2, 0.25) is 0 Å². The minimum Gasteiger partial charge on any atom is -0.295 e. The lowest BCUT2D eigenvalue weighted by Gasteiger charge is -2.32. The van der Waals surface area contributed by atoms with Crippen molar-refractivity contribution in [3.8, 4) is 0 Å². The van der Waals surface area contributed by atoms with Crippen molar-refractivity contribution in [3.05, 3.63) is 29.7 Å². The van der Waals surface area contributed by atoms with E-state index < -0.39 is 0 Å². The molecule has 0 fully saturated rings. The first kappa shape index (κ1) is 11.2. The topological polar surface area (TPSA) is 17.1 Å². The van der Waals surface area contributed by atoms with Gasteiger partial charge in [0.05, 0.1) is 0 Å². The highest BCUT2D eigenvalue weighted by atomic mass is 16.1. The zero-order valence-corrected chi connectivity index (χ0v) is 9.55. The summed E-state index contributed by atoms with van der Waals surface area (Å²) in [7, 11) is 0. The number of carbonyl (C=O) groups is 1. The fourth-order valence-corrected chi connectivity index (χ4v) is 1.95. The molecule has 0 bridgehead atoms. The molecule has 0 spiro atoms. The minimum absolute atomic E-state index is 0.150. The molecular weight excluding hydrogens is 172 g/mol. The Morgan fingerprint density at radius 2 is 2.00 bits per heavy atom. The molecule has 0 amide bonds. The molecule has 1 nitrogen and oxygen atoms in total. The third kappa shape index (κ3) is 2.14. The van der Waals surface area contributed by atoms with Crippen molar-refractivity contribution in [3.63, 3.8) is 0 Å². The molecule has 1 aliphatic carbocycles. The number of hydrogen-bond acceptors (Lipinski definition) is 1. The summed E-state index contributed by atoms with van der Waals surface area (Å²) < 4.78 is 0. The van der Waals surface area contributed by atoms with Gasteiger partial charge in [-0.25, -0.2) is 0 Å². The van der Waals surface area contributed by atoms with Crippen LogP contribution in [-0.2, 0) is 4.79 Å². The molecule has 0 atom stereocenters. The van der Waals surface area contributed by atoms with E-state index in [4.69, 9.17) is 0 Å². The van der Waals surface area contributed by atoms with Crippen molar-refractivity contribution in [2.24, 2.45) is 5.41 Å². The Morgan fingerprint density at radius 3 is 2.57 bits per heavy atom. The average Bonchev–Trinajstić information content (AvgIpc) is 2.12. The molecule has 1 aliphatic rings. The van der Waals surface area contributed by atoms with Crippen LogP contribution in [0, 0.1) is 11.8 Å². The first-order valence-electron chi connectivity index (χ1n) is 5.19. The van der Waals surface area contributed by atoms with E-state index in [1.54, 1.807) is 0 Å². The predicted molar refractivity (Wildman–Crippen MR) is 59.8 cm³/mol. The first-order valence-corrected chi connectivity index (χ1v) is 5.19. The molecule has 14 heavy (non-hydrogen) atoms. The van der Waals surface area contributed by atoms with Gasteiger partial charge in [-0.05, 0) is 36.3 Å². The smallest absolute Gasteiger partial charge is 0.158 e. The molecule has 0 saturated carbocycles. The monoisotopic (exact) mass is 191 g/mol. The van der Waals surface area contributed by atoms with E-state index in [-0.39, 0.29) is 5.41 Å². The van der Waals surface area contributed by atoms with Crippen LogP contribution in [0.15, 0.2) is 23.3 Å². The fourth-order valence-electron chi connectivity index (χ4n) is 1.95. The Hall–Kier alpha value is -0.850. The van der Waals surface area contributed by atoms with Crippen LogP contribution in [0.5, 0.6) is 0 Å². The molecule has 0 unspecified atom stereocenters. The van der Waals surface area contributed by atoms with Crippen LogP contribution < -0.4 is 0 Å². The summed E-state index contributed by atoms with van der Waals surface area (Å²) in [5, 5.41) is 0. The average molecular weight is 191 g/mol. The van der Waals surface area contributed by atoms with Gasteiger partial charge < -0.3 is 0 Å². The van der Waals surface area contributed by atoms with Crippen LogP contribution in [0.3, 0.4) is 0 Å². The van der Waals surface area contributed by atoms with Crippen LogP contribution >= 0.6 is 0 Å². The molecule has 0 aliphatic heterocycles. The number of allylic oxidation sites excluding steroid dienone is 4. The van der Waals surface area contributed by atoms with E-state index in [1.165, 1.54) is 5.57 Å². The summed E-state index contributed by atoms with van der Waals surface area (Å²) in [6.07, 6.45) is 7.75. The van der Waals surface area contributed by atoms with Gasteiger partial charge in [0.15, 0.2) is 5.78 Å². The second-order valence-corrected chi connectivity index (χ2v) is 4.54. The summed E-state index contributed by atoms with van der Waals surface area (Å²) in [5.41, 5.74) is 2.29. The zero-order chi connectivity index (χ0) is 10.8. The Morgan fingerprint density at radius 1 is 1.36 bits per heavy atom. The molecular formula is C13H19O. The van der Waals surface area contributed by atoms with Gasteiger partial charge >= 0.3 is 0 Å². The highest BCUT2D eigenvalue weighted by Gasteiger charge is 2.30. The lowest BCUT2D eigenvalue weighted by molar-refractivity contribution is -0.116. The van der Waals surface area contributed by atoms with E-state index in [1.807, 2.05) is 26.3 Å². The van der Waals surface area contributed by atoms with E-state index in [9.17, 15) is 4.79 Å². The number of carbonyl (C=O) groups excluding carboxylic acids is 1. The van der Waals surface area contributed by atoms with E-state index in [2.05, 4.69) is 19.9 Å². The molecule has 1 heteroatoms. The maximum absolute atomic E-state index is 11.6. The number of rotatable bonds is 2. The Bertz CT molecular complexity index is 292. The van der Waals surface area contributed by atoms with Gasteiger partial charge in [-0.3, -0.25) is 4.79 Å². The summed E-state index contributed by atoms with van der Waals surface area (Å²) in [6.45, 7) is 8.35. The van der Waals surface area contributed by atoms with Gasteiger partial charge in [-0.15, -0.1) is 0 Å². The van der Waals surface area contributed by atoms with Gasteiger partial charge in [0.25, 0.3) is 0 Å². The van der Waals surface area contributed by atoms with Crippen molar-refractivity contribution in [1.29, 1.82) is 0 Å². The third-order valence-electron chi connectivity index (χ3n) is 2.98. The second kappa shape index (κ2) is 4.12. The predicted octanol–water partition coefficient (Wildman–Crippen LogP) is 3.47. The van der Waals surface area contributed by atoms with Crippen molar-refractivity contribution in [2.45, 2.75) is 40.5 Å². The van der Waals surface area contributed by atoms with Gasteiger partial charge in [0.1, 0.15) is 0 Å². The number of Topliss-reactive ketones (excluding diaryl/α,β-unsaturated/α-hetero) is 1. The molecule has 0 saturated heterocycles. The van der Waals surface area contributed by atoms with Crippen molar-refractivity contribution in [2.75, 3.05) is 0 Å². The maximum Gasteiger partial charge on any atom is 0.158 e. The van der Waals surface area contributed by atoms with E-state index in [0.29, 0.717) is 12.2 Å². The number of hydrogen-bond donors (Lipinski definition) is 0. The first-order chi connectivity index (χ1) is 6.49. The quantitative estimate of drug-likeness (QED) is 0.653. The van der Waals surface area contributed by atoms with Gasteiger partial charge in [-0.2, -0.15) is 0 Å². The standard InChI is InChI=1S/C13H19O/c1-5-6-7-11-10(2)12(14)8-9-13(11,3)4/h5-7H,8-9H2,1-4H3. The molecule has 1 radical (unpaired) electrons. The zero-order valence-electron chi connectivity index (χ0n) is 9.55. The van der Waals surface area contributed by atoms with E-state index in [0.717, 1.165) is 12.0 Å². The molecule has 0 aromatic heterocycles. The summed E-state index contributed by atoms with van der Waals surface area (Å²) in [6, 6.07) is 0. The molecule has 77 valence electrons. The normalized spacial score (nSPS) is 22.1. The molecule has 0 aromatic rings. The molecule has 0 N–H and O–H groups in total. The van der Waals surface area contributed by atoms with Crippen LogP contribution in [0.1, 0.15) is 40.5 Å². The third-order valence-corrected chi connectivity index (χ3v) is 2.98. The minimum atomic E-state index is 0.150. The molecule has 0 aromatic carbocycles. The Labute approximate surface area is 86.9 Å². The summed E-state index contributed by atoms with van der Waals surface area (Å²) in [4.78, 5) is 11.6. The SMILES string of the molecule is C[CH]C=CC1=C(C)C(=O)CCC1(C)C. The summed E-state index contributed by atoms with van der Waals surface area (Å²) in [5.74, 6) is 0.306. The molecule has 0 heterocycles. The lowest BCUT2D eigenvalue weighted by Crippen LogP contribution is -2.24. The maximum atomic E-state index is 11.6. The molecule has 1 rings (SSSR count). The van der Waals surface area contributed by atoms with E-state index >= 15 is 0 Å². The number of ketones is 1. The Balaban J connectivity index is 3.08. The van der Waals surface area contributed by atoms with Gasteiger partial charge in [0, 0.05) is 6.42 Å². The van der Waals surface area contributed by atoms with Crippen LogP contribution in [-0.4, -0.2) is 5.78 Å². The van der Waals surface area contributed by atoms with Crippen LogP contribution in [0.25, 0.3) is 0 Å². The van der Waals surface area contributed by atoms with Crippen molar-refractivity contribution >= 4 is 5.78 Å². The fraction of sp³-hybridized carbons (Fsp3) is 0.538. The van der Waals surface area contributed by atoms with Gasteiger partial charge in [0.2, 0.25) is 0 Å². The largest absolute Gasteiger partial charge is 0.295 e. The Kier molecular flexibility index (Phi) is 3.30. The van der Waals surface area contributed by atoms with Crippen molar-refractivity contribution < 1.29 is 4.79 Å². The second-order valence-electron chi connectivity index (χ2n) is 4.54. The summed E-state index contributed by atoms with van der Waals surface area (Å²) >= 11 is 0.